The Kier molecular flexibility index (Phi) is 3.52. The van der Waals surface area contributed by atoms with E-state index in [1.54, 1.807) is 6.07 Å². The minimum absolute atomic E-state index is 0.394. The van der Waals surface area contributed by atoms with Gasteiger partial charge in [-0.1, -0.05) is 20.8 Å². The molecule has 1 aliphatic rings. The van der Waals surface area contributed by atoms with E-state index < -0.39 is 5.97 Å². The zero-order valence-corrected chi connectivity index (χ0v) is 13.0. The summed E-state index contributed by atoms with van der Waals surface area (Å²) in [5.74, 6) is 0.429. The fraction of sp³-hybridized carbons (Fsp3) is 0.500. The number of aromatic carboxylic acids is 1. The lowest BCUT2D eigenvalue weighted by Gasteiger charge is -2.21. The molecule has 1 heterocycles. The molecule has 0 amide bonds. The van der Waals surface area contributed by atoms with Crippen molar-refractivity contribution in [2.45, 2.75) is 46.6 Å². The molecule has 2 aromatic rings. The van der Waals surface area contributed by atoms with E-state index in [1.807, 2.05) is 12.1 Å². The third-order valence-electron chi connectivity index (χ3n) is 4.51. The van der Waals surface area contributed by atoms with Crippen LogP contribution in [0.4, 0.5) is 0 Å². The number of benzene rings is 1. The predicted molar refractivity (Wildman–Crippen MR) is 84.9 cm³/mol. The zero-order valence-electron chi connectivity index (χ0n) is 13.0. The van der Waals surface area contributed by atoms with Crippen molar-refractivity contribution in [3.05, 3.63) is 35.0 Å². The fourth-order valence-corrected chi connectivity index (χ4v) is 3.53. The summed E-state index contributed by atoms with van der Waals surface area (Å²) in [7, 11) is 0. The molecule has 1 N–H and O–H groups in total. The second-order valence-electron chi connectivity index (χ2n) is 6.81. The van der Waals surface area contributed by atoms with Crippen molar-refractivity contribution in [3.8, 4) is 0 Å². The molecule has 1 unspecified atom stereocenters. The van der Waals surface area contributed by atoms with Crippen molar-refractivity contribution in [3.63, 3.8) is 0 Å². The number of rotatable bonds is 3. The Hall–Kier alpha value is -1.77. The first-order valence-corrected chi connectivity index (χ1v) is 7.84. The summed E-state index contributed by atoms with van der Waals surface area (Å²) in [5.41, 5.74) is 4.41. The topological polar surface area (TPSA) is 42.2 Å². The molecule has 3 rings (SSSR count). The van der Waals surface area contributed by atoms with Crippen molar-refractivity contribution in [2.75, 3.05) is 0 Å². The summed E-state index contributed by atoms with van der Waals surface area (Å²) in [6, 6.07) is 5.59. The van der Waals surface area contributed by atoms with Gasteiger partial charge < -0.3 is 9.67 Å². The fourth-order valence-electron chi connectivity index (χ4n) is 3.53. The molecular weight excluding hydrogens is 262 g/mol. The van der Waals surface area contributed by atoms with Gasteiger partial charge in [0.05, 0.1) is 5.56 Å². The second kappa shape index (κ2) is 5.21. The third-order valence-corrected chi connectivity index (χ3v) is 4.51. The van der Waals surface area contributed by atoms with Crippen LogP contribution in [0, 0.1) is 11.8 Å². The predicted octanol–water partition coefficient (Wildman–Crippen LogP) is 4.12. The number of fused-ring (bicyclic) bond motifs is 3. The van der Waals surface area contributed by atoms with Crippen molar-refractivity contribution in [1.82, 2.24) is 4.57 Å². The third kappa shape index (κ3) is 2.45. The van der Waals surface area contributed by atoms with Crippen LogP contribution in [0.2, 0.25) is 0 Å². The van der Waals surface area contributed by atoms with Crippen molar-refractivity contribution in [2.24, 2.45) is 11.8 Å². The van der Waals surface area contributed by atoms with Gasteiger partial charge in [0.15, 0.2) is 0 Å². The molecule has 0 radical (unpaired) electrons. The molecule has 0 saturated carbocycles. The standard InChI is InChI=1S/C18H23NO2/c1-11(2)10-19-16-6-4-12(3)8-14(16)15-9-13(18(20)21)5-7-17(15)19/h5,7,9,11-12H,4,6,8,10H2,1-3H3,(H,20,21). The van der Waals surface area contributed by atoms with Gasteiger partial charge in [-0.2, -0.15) is 0 Å². The van der Waals surface area contributed by atoms with Crippen LogP contribution in [0.25, 0.3) is 10.9 Å². The largest absolute Gasteiger partial charge is 0.478 e. The summed E-state index contributed by atoms with van der Waals surface area (Å²) in [5, 5.41) is 10.4. The Morgan fingerprint density at radius 1 is 1.43 bits per heavy atom. The molecule has 1 aliphatic carbocycles. The normalized spacial score (nSPS) is 18.2. The van der Waals surface area contributed by atoms with Crippen molar-refractivity contribution >= 4 is 16.9 Å². The van der Waals surface area contributed by atoms with E-state index in [1.165, 1.54) is 23.2 Å². The Labute approximate surface area is 125 Å². The minimum atomic E-state index is -0.842. The molecular formula is C18H23NO2. The number of nitrogens with zero attached hydrogens (tertiary/aromatic N) is 1. The minimum Gasteiger partial charge on any atom is -0.478 e. The first kappa shape index (κ1) is 14.2. The lowest BCUT2D eigenvalue weighted by molar-refractivity contribution is 0.0697. The van der Waals surface area contributed by atoms with Crippen LogP contribution >= 0.6 is 0 Å². The molecule has 0 bridgehead atoms. The van der Waals surface area contributed by atoms with Crippen LogP contribution < -0.4 is 0 Å². The number of carboxylic acids is 1. The molecule has 0 fully saturated rings. The summed E-state index contributed by atoms with van der Waals surface area (Å²) in [6.07, 6.45) is 3.41. The number of aromatic nitrogens is 1. The molecule has 21 heavy (non-hydrogen) atoms. The van der Waals surface area contributed by atoms with E-state index in [2.05, 4.69) is 25.3 Å². The molecule has 0 saturated heterocycles. The molecule has 112 valence electrons. The SMILES string of the molecule is CC(C)Cn1c2c(c3cc(C(=O)O)ccc31)CC(C)CC2. The summed E-state index contributed by atoms with van der Waals surface area (Å²) < 4.78 is 2.42. The lowest BCUT2D eigenvalue weighted by atomic mass is 9.87. The highest BCUT2D eigenvalue weighted by Gasteiger charge is 2.24. The highest BCUT2D eigenvalue weighted by Crippen LogP contribution is 2.35. The summed E-state index contributed by atoms with van der Waals surface area (Å²) in [4.78, 5) is 11.3. The van der Waals surface area contributed by atoms with Crippen LogP contribution in [0.1, 0.15) is 48.8 Å². The van der Waals surface area contributed by atoms with Crippen molar-refractivity contribution < 1.29 is 9.90 Å². The van der Waals surface area contributed by atoms with Crippen LogP contribution in [-0.4, -0.2) is 15.6 Å². The number of carboxylic acid groups (broad SMARTS) is 1. The van der Waals surface area contributed by atoms with E-state index in [-0.39, 0.29) is 0 Å². The lowest BCUT2D eigenvalue weighted by Crippen LogP contribution is -2.15. The first-order valence-electron chi connectivity index (χ1n) is 7.84. The Morgan fingerprint density at radius 3 is 2.86 bits per heavy atom. The molecule has 3 nitrogen and oxygen atoms in total. The van der Waals surface area contributed by atoms with Crippen LogP contribution in [0.5, 0.6) is 0 Å². The smallest absolute Gasteiger partial charge is 0.335 e. The highest BCUT2D eigenvalue weighted by atomic mass is 16.4. The number of hydrogen-bond donors (Lipinski definition) is 1. The van der Waals surface area contributed by atoms with Crippen LogP contribution in [0.3, 0.4) is 0 Å². The van der Waals surface area contributed by atoms with Gasteiger partial charge >= 0.3 is 5.97 Å². The Balaban J connectivity index is 2.24. The van der Waals surface area contributed by atoms with Gasteiger partial charge in [0.25, 0.3) is 0 Å². The second-order valence-corrected chi connectivity index (χ2v) is 6.81. The first-order chi connectivity index (χ1) is 9.97. The molecule has 0 aliphatic heterocycles. The molecule has 1 aromatic carbocycles. The summed E-state index contributed by atoms with van der Waals surface area (Å²) in [6.45, 7) is 7.76. The quantitative estimate of drug-likeness (QED) is 0.921. The number of hydrogen-bond acceptors (Lipinski definition) is 1. The monoisotopic (exact) mass is 285 g/mol. The van der Waals surface area contributed by atoms with Gasteiger partial charge in [-0.3, -0.25) is 0 Å². The molecule has 1 aromatic heterocycles. The van der Waals surface area contributed by atoms with E-state index in [0.717, 1.165) is 24.8 Å². The molecule has 1 atom stereocenters. The average molecular weight is 285 g/mol. The van der Waals surface area contributed by atoms with E-state index >= 15 is 0 Å². The molecule has 0 spiro atoms. The Bertz CT molecular complexity index is 697. The van der Waals surface area contributed by atoms with Gasteiger partial charge in [-0.25, -0.2) is 4.79 Å². The zero-order chi connectivity index (χ0) is 15.1. The van der Waals surface area contributed by atoms with Crippen LogP contribution in [0.15, 0.2) is 18.2 Å². The van der Waals surface area contributed by atoms with Gasteiger partial charge in [0.1, 0.15) is 0 Å². The molecule has 3 heteroatoms. The summed E-state index contributed by atoms with van der Waals surface area (Å²) >= 11 is 0. The highest BCUT2D eigenvalue weighted by molar-refractivity contribution is 5.95. The van der Waals surface area contributed by atoms with Crippen LogP contribution in [-0.2, 0) is 19.4 Å². The van der Waals surface area contributed by atoms with E-state index in [0.29, 0.717) is 17.4 Å². The van der Waals surface area contributed by atoms with E-state index in [9.17, 15) is 9.90 Å². The average Bonchev–Trinajstić information content (AvgIpc) is 2.71. The van der Waals surface area contributed by atoms with Gasteiger partial charge in [-0.15, -0.1) is 0 Å². The van der Waals surface area contributed by atoms with Gasteiger partial charge in [-0.05, 0) is 54.9 Å². The maximum Gasteiger partial charge on any atom is 0.335 e. The van der Waals surface area contributed by atoms with Gasteiger partial charge in [0, 0.05) is 23.1 Å². The van der Waals surface area contributed by atoms with E-state index in [4.69, 9.17) is 0 Å². The van der Waals surface area contributed by atoms with Crippen molar-refractivity contribution in [1.29, 1.82) is 0 Å². The maximum absolute atomic E-state index is 11.3. The van der Waals surface area contributed by atoms with Gasteiger partial charge in [0.2, 0.25) is 0 Å². The Morgan fingerprint density at radius 2 is 2.19 bits per heavy atom. The maximum atomic E-state index is 11.3. The number of carbonyl (C=O) groups is 1.